The van der Waals surface area contributed by atoms with Crippen LogP contribution in [-0.2, 0) is 0 Å². The molecule has 0 spiro atoms. The highest BCUT2D eigenvalue weighted by atomic mass is 16.1. The molecule has 2 N–H and O–H groups in total. The fourth-order valence-corrected chi connectivity index (χ4v) is 3.31. The van der Waals surface area contributed by atoms with Crippen molar-refractivity contribution in [2.24, 2.45) is 5.41 Å². The van der Waals surface area contributed by atoms with Crippen LogP contribution in [-0.4, -0.2) is 17.2 Å². The van der Waals surface area contributed by atoms with Gasteiger partial charge in [0.1, 0.15) is 0 Å². The average molecular weight is 409 g/mol. The van der Waals surface area contributed by atoms with Crippen molar-refractivity contribution in [3.05, 3.63) is 59.7 Å². The van der Waals surface area contributed by atoms with Crippen LogP contribution in [0.5, 0.6) is 0 Å². The molecule has 0 heterocycles. The van der Waals surface area contributed by atoms with Gasteiger partial charge < -0.3 is 10.6 Å². The van der Waals surface area contributed by atoms with Crippen LogP contribution in [0.2, 0.25) is 0 Å². The predicted molar refractivity (Wildman–Crippen MR) is 126 cm³/mol. The fourth-order valence-electron chi connectivity index (χ4n) is 3.31. The predicted octanol–water partition coefficient (Wildman–Crippen LogP) is 6.94. The van der Waals surface area contributed by atoms with E-state index < -0.39 is 0 Å². The van der Waals surface area contributed by atoms with Gasteiger partial charge in [0.25, 0.3) is 5.91 Å². The van der Waals surface area contributed by atoms with Crippen LogP contribution in [0.15, 0.2) is 48.5 Å². The zero-order chi connectivity index (χ0) is 22.4. The summed E-state index contributed by atoms with van der Waals surface area (Å²) in [6.07, 6.45) is 3.67. The summed E-state index contributed by atoms with van der Waals surface area (Å²) in [7, 11) is 0. The Bertz CT molecular complexity index is 846. The number of rotatable bonds is 10. The van der Waals surface area contributed by atoms with E-state index in [0.717, 1.165) is 37.1 Å². The van der Waals surface area contributed by atoms with Crippen LogP contribution in [0.3, 0.4) is 0 Å². The van der Waals surface area contributed by atoms with Gasteiger partial charge in [0.05, 0.1) is 0 Å². The van der Waals surface area contributed by atoms with E-state index in [9.17, 15) is 9.59 Å². The van der Waals surface area contributed by atoms with Crippen molar-refractivity contribution >= 4 is 23.1 Å². The minimum absolute atomic E-state index is 0.0651. The minimum atomic E-state index is -0.356. The smallest absolute Gasteiger partial charge is 0.255 e. The number of ketones is 1. The topological polar surface area (TPSA) is 58.2 Å². The summed E-state index contributed by atoms with van der Waals surface area (Å²) in [4.78, 5) is 25.4. The van der Waals surface area contributed by atoms with Crippen molar-refractivity contribution in [1.29, 1.82) is 0 Å². The number of hydrogen-bond acceptors (Lipinski definition) is 3. The van der Waals surface area contributed by atoms with Crippen LogP contribution in [0, 0.1) is 5.41 Å². The summed E-state index contributed by atoms with van der Waals surface area (Å²) in [5, 5.41) is 6.49. The summed E-state index contributed by atoms with van der Waals surface area (Å²) in [5.41, 5.74) is 2.68. The van der Waals surface area contributed by atoms with Crippen LogP contribution in [0.25, 0.3) is 0 Å². The SMILES string of the molecule is CCC(C)(CC)Nc1ccc(NC(=O)c2ccc(C(=O)C(C)(CC)CC)cc2)cc1. The maximum atomic E-state index is 12.8. The third-order valence-electron chi connectivity index (χ3n) is 6.67. The quantitative estimate of drug-likeness (QED) is 0.419. The third-order valence-corrected chi connectivity index (χ3v) is 6.67. The second kappa shape index (κ2) is 9.92. The molecule has 4 nitrogen and oxygen atoms in total. The molecule has 2 aromatic rings. The largest absolute Gasteiger partial charge is 0.380 e. The highest BCUT2D eigenvalue weighted by Gasteiger charge is 2.30. The number of carbonyl (C=O) groups is 2. The van der Waals surface area contributed by atoms with E-state index in [0.29, 0.717) is 11.1 Å². The van der Waals surface area contributed by atoms with E-state index >= 15 is 0 Å². The van der Waals surface area contributed by atoms with Crippen LogP contribution >= 0.6 is 0 Å². The number of Topliss-reactive ketones (excluding diaryl/α,β-unsaturated/α-hetero) is 1. The molecule has 0 unspecified atom stereocenters. The third kappa shape index (κ3) is 5.50. The lowest BCUT2D eigenvalue weighted by atomic mass is 9.77. The lowest BCUT2D eigenvalue weighted by Gasteiger charge is -2.29. The monoisotopic (exact) mass is 408 g/mol. The molecule has 0 aliphatic carbocycles. The van der Waals surface area contributed by atoms with Gasteiger partial charge in [-0.15, -0.1) is 0 Å². The first kappa shape index (κ1) is 23.7. The Labute approximate surface area is 181 Å². The van der Waals surface area contributed by atoms with Gasteiger partial charge in [0, 0.05) is 33.5 Å². The molecule has 0 aliphatic heterocycles. The van der Waals surface area contributed by atoms with Gasteiger partial charge in [-0.1, -0.05) is 46.8 Å². The van der Waals surface area contributed by atoms with E-state index in [1.165, 1.54) is 0 Å². The van der Waals surface area contributed by atoms with E-state index in [4.69, 9.17) is 0 Å². The molecule has 0 aliphatic rings. The standard InChI is InChI=1S/C26H36N2O2/c1-7-25(5,8-2)23(29)19-11-13-20(14-12-19)24(30)27-21-15-17-22(18-16-21)28-26(6,9-3)10-4/h11-18,28H,7-10H2,1-6H3,(H,27,30). The molecule has 0 aromatic heterocycles. The van der Waals surface area contributed by atoms with E-state index in [2.05, 4.69) is 31.4 Å². The van der Waals surface area contributed by atoms with Crippen LogP contribution < -0.4 is 10.6 Å². The zero-order valence-electron chi connectivity index (χ0n) is 19.3. The van der Waals surface area contributed by atoms with Crippen molar-refractivity contribution in [3.8, 4) is 0 Å². The van der Waals surface area contributed by atoms with Crippen molar-refractivity contribution in [3.63, 3.8) is 0 Å². The Balaban J connectivity index is 2.05. The van der Waals surface area contributed by atoms with Crippen molar-refractivity contribution in [1.82, 2.24) is 0 Å². The van der Waals surface area contributed by atoms with Gasteiger partial charge in [-0.2, -0.15) is 0 Å². The van der Waals surface area contributed by atoms with Crippen molar-refractivity contribution in [2.75, 3.05) is 10.6 Å². The number of benzene rings is 2. The lowest BCUT2D eigenvalue weighted by molar-refractivity contribution is 0.0802. The van der Waals surface area contributed by atoms with E-state index in [-0.39, 0.29) is 22.6 Å². The number of anilines is 2. The molecular weight excluding hydrogens is 372 g/mol. The van der Waals surface area contributed by atoms with Crippen molar-refractivity contribution < 1.29 is 9.59 Å². The summed E-state index contributed by atoms with van der Waals surface area (Å²) < 4.78 is 0. The Morgan fingerprint density at radius 2 is 1.17 bits per heavy atom. The van der Waals surface area contributed by atoms with Gasteiger partial charge in [0.15, 0.2) is 5.78 Å². The van der Waals surface area contributed by atoms with Gasteiger partial charge in [0.2, 0.25) is 0 Å². The molecule has 2 aromatic carbocycles. The molecule has 0 saturated heterocycles. The molecule has 0 atom stereocenters. The zero-order valence-corrected chi connectivity index (χ0v) is 19.3. The number of nitrogens with one attached hydrogen (secondary N) is 2. The second-order valence-electron chi connectivity index (χ2n) is 8.60. The molecule has 0 saturated carbocycles. The highest BCUT2D eigenvalue weighted by Crippen LogP contribution is 2.30. The number of amides is 1. The summed E-state index contributed by atoms with van der Waals surface area (Å²) in [6.45, 7) is 12.6. The fraction of sp³-hybridized carbons (Fsp3) is 0.462. The molecule has 4 heteroatoms. The van der Waals surface area contributed by atoms with E-state index in [1.807, 2.05) is 45.0 Å². The highest BCUT2D eigenvalue weighted by molar-refractivity contribution is 6.06. The Morgan fingerprint density at radius 1 is 0.700 bits per heavy atom. The van der Waals surface area contributed by atoms with Gasteiger partial charge in [-0.25, -0.2) is 0 Å². The maximum absolute atomic E-state index is 12.8. The normalized spacial score (nSPS) is 11.8. The van der Waals surface area contributed by atoms with Gasteiger partial charge in [-0.3, -0.25) is 9.59 Å². The lowest BCUT2D eigenvalue weighted by Crippen LogP contribution is -2.32. The second-order valence-corrected chi connectivity index (χ2v) is 8.60. The number of carbonyl (C=O) groups excluding carboxylic acids is 2. The molecule has 162 valence electrons. The Morgan fingerprint density at radius 3 is 1.63 bits per heavy atom. The van der Waals surface area contributed by atoms with Crippen LogP contribution in [0.4, 0.5) is 11.4 Å². The summed E-state index contributed by atoms with van der Waals surface area (Å²) >= 11 is 0. The summed E-state index contributed by atoms with van der Waals surface area (Å²) in [6, 6.07) is 14.7. The minimum Gasteiger partial charge on any atom is -0.380 e. The first-order valence-corrected chi connectivity index (χ1v) is 11.0. The first-order chi connectivity index (χ1) is 14.2. The van der Waals surface area contributed by atoms with E-state index in [1.54, 1.807) is 24.3 Å². The molecule has 0 bridgehead atoms. The Hall–Kier alpha value is -2.62. The van der Waals surface area contributed by atoms with Gasteiger partial charge in [-0.05, 0) is 69.0 Å². The van der Waals surface area contributed by atoms with Crippen LogP contribution in [0.1, 0.15) is 87.9 Å². The molecule has 30 heavy (non-hydrogen) atoms. The number of hydrogen-bond donors (Lipinski definition) is 2. The maximum Gasteiger partial charge on any atom is 0.255 e. The molecule has 0 fully saturated rings. The van der Waals surface area contributed by atoms with Crippen molar-refractivity contribution in [2.45, 2.75) is 72.8 Å². The molecular formula is C26H36N2O2. The summed E-state index contributed by atoms with van der Waals surface area (Å²) in [5.74, 6) is -0.0517. The Kier molecular flexibility index (Phi) is 7.83. The molecule has 1 amide bonds. The molecule has 2 rings (SSSR count). The first-order valence-electron chi connectivity index (χ1n) is 11.0. The molecule has 0 radical (unpaired) electrons. The van der Waals surface area contributed by atoms with Gasteiger partial charge >= 0.3 is 0 Å². The average Bonchev–Trinajstić information content (AvgIpc) is 2.79.